The first-order chi connectivity index (χ1) is 9.11. The van der Waals surface area contributed by atoms with Crippen molar-refractivity contribution >= 4 is 11.7 Å². The summed E-state index contributed by atoms with van der Waals surface area (Å²) in [6.07, 6.45) is 3.13. The van der Waals surface area contributed by atoms with Crippen LogP contribution >= 0.6 is 0 Å². The fourth-order valence-corrected chi connectivity index (χ4v) is 1.65. The number of para-hydroxylation sites is 1. The van der Waals surface area contributed by atoms with Crippen LogP contribution in [0.5, 0.6) is 0 Å². The second kappa shape index (κ2) is 5.51. The second-order valence-electron chi connectivity index (χ2n) is 4.01. The van der Waals surface area contributed by atoms with Crippen LogP contribution in [0.3, 0.4) is 0 Å². The number of ether oxygens (including phenoxy) is 1. The van der Waals surface area contributed by atoms with Gasteiger partial charge in [-0.3, -0.25) is 0 Å². The average molecular weight is 263 g/mol. The Kier molecular flexibility index (Phi) is 3.79. The molecular formula is C13H14FN3O2. The molecule has 100 valence electrons. The fourth-order valence-electron chi connectivity index (χ4n) is 1.65. The van der Waals surface area contributed by atoms with Gasteiger partial charge in [0.05, 0.1) is 25.2 Å². The molecule has 1 aromatic heterocycles. The highest BCUT2D eigenvalue weighted by atomic mass is 19.1. The van der Waals surface area contributed by atoms with Crippen molar-refractivity contribution in [2.45, 2.75) is 13.0 Å². The van der Waals surface area contributed by atoms with E-state index < -0.39 is 6.04 Å². The van der Waals surface area contributed by atoms with Gasteiger partial charge < -0.3 is 10.1 Å². The number of halogens is 1. The van der Waals surface area contributed by atoms with E-state index in [9.17, 15) is 9.18 Å². The van der Waals surface area contributed by atoms with Gasteiger partial charge in [0, 0.05) is 0 Å². The van der Waals surface area contributed by atoms with Crippen LogP contribution in [0.4, 0.5) is 10.1 Å². The Bertz CT molecular complexity index is 583. The van der Waals surface area contributed by atoms with E-state index in [-0.39, 0.29) is 11.8 Å². The van der Waals surface area contributed by atoms with Crippen molar-refractivity contribution in [1.82, 2.24) is 9.78 Å². The van der Waals surface area contributed by atoms with Gasteiger partial charge in [-0.1, -0.05) is 12.1 Å². The Labute approximate surface area is 110 Å². The molecule has 1 heterocycles. The summed E-state index contributed by atoms with van der Waals surface area (Å²) in [4.78, 5) is 11.3. The monoisotopic (exact) mass is 263 g/mol. The minimum atomic E-state index is -0.497. The van der Waals surface area contributed by atoms with E-state index in [0.29, 0.717) is 11.4 Å². The van der Waals surface area contributed by atoms with Crippen molar-refractivity contribution in [3.63, 3.8) is 0 Å². The molecule has 5 nitrogen and oxygen atoms in total. The molecule has 0 aliphatic heterocycles. The zero-order valence-corrected chi connectivity index (χ0v) is 10.6. The van der Waals surface area contributed by atoms with E-state index in [0.717, 1.165) is 0 Å². The molecule has 2 rings (SSSR count). The molecule has 0 spiro atoms. The first-order valence-corrected chi connectivity index (χ1v) is 5.75. The van der Waals surface area contributed by atoms with E-state index in [1.807, 2.05) is 0 Å². The highest BCUT2D eigenvalue weighted by Crippen LogP contribution is 2.15. The number of aromatic nitrogens is 2. The molecule has 0 radical (unpaired) electrons. The minimum Gasteiger partial charge on any atom is -0.467 e. The van der Waals surface area contributed by atoms with Gasteiger partial charge in [0.1, 0.15) is 17.5 Å². The summed E-state index contributed by atoms with van der Waals surface area (Å²) in [5.74, 6) is -0.739. The maximum absolute atomic E-state index is 13.6. The molecule has 1 atom stereocenters. The molecule has 0 amide bonds. The molecule has 0 unspecified atom stereocenters. The third kappa shape index (κ3) is 2.90. The molecule has 0 bridgehead atoms. The number of esters is 1. The minimum absolute atomic E-state index is 0.348. The van der Waals surface area contributed by atoms with Crippen LogP contribution in [0.2, 0.25) is 0 Å². The highest BCUT2D eigenvalue weighted by molar-refractivity contribution is 5.78. The summed E-state index contributed by atoms with van der Waals surface area (Å²) in [5.41, 5.74) is 0.961. The number of anilines is 1. The lowest BCUT2D eigenvalue weighted by molar-refractivity contribution is -0.141. The van der Waals surface area contributed by atoms with Gasteiger partial charge in [0.2, 0.25) is 0 Å². The van der Waals surface area contributed by atoms with E-state index >= 15 is 0 Å². The van der Waals surface area contributed by atoms with Gasteiger partial charge in [-0.25, -0.2) is 13.9 Å². The van der Waals surface area contributed by atoms with Crippen LogP contribution in [0.15, 0.2) is 36.7 Å². The van der Waals surface area contributed by atoms with Gasteiger partial charge in [-0.15, -0.1) is 0 Å². The Morgan fingerprint density at radius 3 is 2.89 bits per heavy atom. The van der Waals surface area contributed by atoms with Crippen molar-refractivity contribution in [3.05, 3.63) is 42.5 Å². The number of nitrogens with one attached hydrogen (secondary N) is 1. The van der Waals surface area contributed by atoms with Gasteiger partial charge in [0.15, 0.2) is 0 Å². The molecule has 1 aromatic carbocycles. The normalized spacial score (nSPS) is 11.9. The molecule has 0 saturated carbocycles. The first kappa shape index (κ1) is 13.1. The van der Waals surface area contributed by atoms with E-state index in [2.05, 4.69) is 15.2 Å². The van der Waals surface area contributed by atoms with Crippen molar-refractivity contribution in [2.24, 2.45) is 0 Å². The third-order valence-corrected chi connectivity index (χ3v) is 2.62. The Morgan fingerprint density at radius 2 is 2.21 bits per heavy atom. The standard InChI is InChI=1S/C13H14FN3O2/c1-9(13(18)19-2)16-10-7-15-17(8-10)12-6-4-3-5-11(12)14/h3-9,16H,1-2H3/t9-/m1/s1. The average Bonchev–Trinajstić information content (AvgIpc) is 2.86. The number of benzene rings is 1. The van der Waals surface area contributed by atoms with Crippen molar-refractivity contribution < 1.29 is 13.9 Å². The number of carbonyl (C=O) groups excluding carboxylic acids is 1. The summed E-state index contributed by atoms with van der Waals surface area (Å²) < 4.78 is 19.6. The smallest absolute Gasteiger partial charge is 0.327 e. The largest absolute Gasteiger partial charge is 0.467 e. The number of rotatable bonds is 4. The molecule has 0 aliphatic carbocycles. The Balaban J connectivity index is 2.16. The van der Waals surface area contributed by atoms with E-state index in [1.54, 1.807) is 31.3 Å². The zero-order chi connectivity index (χ0) is 13.8. The summed E-state index contributed by atoms with van der Waals surface area (Å²) in [7, 11) is 1.32. The van der Waals surface area contributed by atoms with Crippen molar-refractivity contribution in [1.29, 1.82) is 0 Å². The van der Waals surface area contributed by atoms with Crippen molar-refractivity contribution in [3.8, 4) is 5.69 Å². The van der Waals surface area contributed by atoms with Crippen LogP contribution in [-0.4, -0.2) is 28.9 Å². The third-order valence-electron chi connectivity index (χ3n) is 2.62. The predicted octanol–water partition coefficient (Wildman–Crippen LogP) is 1.98. The van der Waals surface area contributed by atoms with Gasteiger partial charge in [0.25, 0.3) is 0 Å². The summed E-state index contributed by atoms with van der Waals surface area (Å²) in [6.45, 7) is 1.67. The topological polar surface area (TPSA) is 56.1 Å². The maximum Gasteiger partial charge on any atom is 0.327 e. The number of carbonyl (C=O) groups is 1. The molecule has 6 heteroatoms. The number of hydrogen-bond acceptors (Lipinski definition) is 4. The maximum atomic E-state index is 13.6. The van der Waals surface area contributed by atoms with Crippen LogP contribution in [0.25, 0.3) is 5.69 Å². The first-order valence-electron chi connectivity index (χ1n) is 5.75. The van der Waals surface area contributed by atoms with Crippen molar-refractivity contribution in [2.75, 3.05) is 12.4 Å². The van der Waals surface area contributed by atoms with Gasteiger partial charge >= 0.3 is 5.97 Å². The summed E-state index contributed by atoms with van der Waals surface area (Å²) in [5, 5.41) is 6.97. The molecule has 0 aliphatic rings. The predicted molar refractivity (Wildman–Crippen MR) is 68.6 cm³/mol. The fraction of sp³-hybridized carbons (Fsp3) is 0.231. The molecule has 19 heavy (non-hydrogen) atoms. The van der Waals surface area contributed by atoms with Gasteiger partial charge in [-0.2, -0.15) is 5.10 Å². The van der Waals surface area contributed by atoms with Gasteiger partial charge in [-0.05, 0) is 19.1 Å². The lowest BCUT2D eigenvalue weighted by Gasteiger charge is -2.10. The summed E-state index contributed by atoms with van der Waals surface area (Å²) in [6, 6.07) is 5.82. The van der Waals surface area contributed by atoms with E-state index in [1.165, 1.54) is 24.1 Å². The van der Waals surface area contributed by atoms with Crippen LogP contribution < -0.4 is 5.32 Å². The Hall–Kier alpha value is -2.37. The van der Waals surface area contributed by atoms with Crippen LogP contribution in [0, 0.1) is 5.82 Å². The number of nitrogens with zero attached hydrogens (tertiary/aromatic N) is 2. The number of methoxy groups -OCH3 is 1. The molecular weight excluding hydrogens is 249 g/mol. The summed E-state index contributed by atoms with van der Waals surface area (Å²) >= 11 is 0. The molecule has 2 aromatic rings. The lowest BCUT2D eigenvalue weighted by atomic mass is 10.3. The highest BCUT2D eigenvalue weighted by Gasteiger charge is 2.13. The Morgan fingerprint density at radius 1 is 1.47 bits per heavy atom. The quantitative estimate of drug-likeness (QED) is 0.857. The lowest BCUT2D eigenvalue weighted by Crippen LogP contribution is -2.26. The molecule has 0 fully saturated rings. The number of hydrogen-bond donors (Lipinski definition) is 1. The molecule has 0 saturated heterocycles. The second-order valence-corrected chi connectivity index (χ2v) is 4.01. The SMILES string of the molecule is COC(=O)[C@@H](C)Nc1cnn(-c2ccccc2F)c1. The van der Waals surface area contributed by atoms with Crippen LogP contribution in [-0.2, 0) is 9.53 Å². The van der Waals surface area contributed by atoms with E-state index in [4.69, 9.17) is 0 Å². The zero-order valence-electron chi connectivity index (χ0n) is 10.6. The molecule has 1 N–H and O–H groups in total. The van der Waals surface area contributed by atoms with Crippen LogP contribution in [0.1, 0.15) is 6.92 Å².